The zero-order valence-corrected chi connectivity index (χ0v) is 6.77. The lowest BCUT2D eigenvalue weighted by Gasteiger charge is -2.03. The van der Waals surface area contributed by atoms with Crippen molar-refractivity contribution >= 4 is 28.3 Å². The molecule has 0 amide bonds. The lowest BCUT2D eigenvalue weighted by molar-refractivity contribution is -0.0250. The van der Waals surface area contributed by atoms with E-state index in [0.29, 0.717) is 0 Å². The Balaban J connectivity index is 2.06. The average Bonchev–Trinajstić information content (AvgIpc) is 2.19. The third-order valence-electron chi connectivity index (χ3n) is 1.04. The summed E-state index contributed by atoms with van der Waals surface area (Å²) in [5, 5.41) is 0. The van der Waals surface area contributed by atoms with Crippen molar-refractivity contribution in [3.63, 3.8) is 0 Å². The van der Waals surface area contributed by atoms with Crippen LogP contribution in [0.4, 0.5) is 0 Å². The monoisotopic (exact) mass is 146 g/mol. The van der Waals surface area contributed by atoms with E-state index in [4.69, 9.17) is 18.5 Å². The first-order chi connectivity index (χ1) is 3.93. The molecule has 1 rings (SSSR count). The molecule has 1 saturated heterocycles. The Kier molecular flexibility index (Phi) is 3.46. The molecular weight excluding hydrogens is 140 g/mol. The van der Waals surface area contributed by atoms with Crippen molar-refractivity contribution in [3.8, 4) is 0 Å². The smallest absolute Gasteiger partial charge is 0.353 e. The van der Waals surface area contributed by atoms with E-state index in [1.807, 2.05) is 0 Å². The second kappa shape index (κ2) is 3.90. The standard InChI is InChI=1S/C4H7O2.ClH.Mg/c1-4-5-2-3-6-4;;/h4H,1-3H2;1H;/q;;+1/p-1. The number of rotatable bonds is 2. The fourth-order valence-electron chi connectivity index (χ4n) is 0.663. The maximum atomic E-state index is 5.56. The van der Waals surface area contributed by atoms with E-state index in [2.05, 4.69) is 0 Å². The van der Waals surface area contributed by atoms with E-state index in [1.54, 1.807) is 0 Å². The number of hydrogen-bond donors (Lipinski definition) is 0. The molecule has 8 heavy (non-hydrogen) atoms. The highest BCUT2D eigenvalue weighted by Gasteiger charge is 2.14. The fraction of sp³-hybridized carbons (Fsp3) is 1.00. The van der Waals surface area contributed by atoms with Gasteiger partial charge in [0, 0.05) is 0 Å². The van der Waals surface area contributed by atoms with Gasteiger partial charge < -0.3 is 18.5 Å². The summed E-state index contributed by atoms with van der Waals surface area (Å²) >= 11 is -0.393. The Morgan fingerprint density at radius 1 is 1.50 bits per heavy atom. The first-order valence-corrected chi connectivity index (χ1v) is 5.86. The maximum absolute atomic E-state index is 5.56. The summed E-state index contributed by atoms with van der Waals surface area (Å²) < 4.78 is 11.2. The zero-order chi connectivity index (χ0) is 5.82. The molecule has 0 saturated carbocycles. The van der Waals surface area contributed by atoms with E-state index in [0.717, 1.165) is 17.8 Å². The molecule has 1 heterocycles. The normalized spacial score (nSPS) is 21.1. The first kappa shape index (κ1) is 7.09. The van der Waals surface area contributed by atoms with Gasteiger partial charge in [-0.05, 0) is 0 Å². The van der Waals surface area contributed by atoms with Crippen molar-refractivity contribution < 1.29 is 9.47 Å². The van der Waals surface area contributed by atoms with Crippen molar-refractivity contribution in [2.45, 2.75) is 10.8 Å². The minimum Gasteiger partial charge on any atom is -0.353 e. The van der Waals surface area contributed by atoms with Crippen LogP contribution in [0.5, 0.6) is 0 Å². The van der Waals surface area contributed by atoms with Crippen LogP contribution in [-0.2, 0) is 9.47 Å². The van der Waals surface area contributed by atoms with Gasteiger partial charge in [0.2, 0.25) is 0 Å². The minimum atomic E-state index is -0.393. The van der Waals surface area contributed by atoms with Crippen molar-refractivity contribution in [2.75, 3.05) is 13.2 Å². The Hall–Kier alpha value is 0.976. The van der Waals surface area contributed by atoms with Gasteiger partial charge in [0.15, 0.2) is 0 Å². The Bertz CT molecular complexity index is 65.1. The lowest BCUT2D eigenvalue weighted by atomic mass is 10.8. The SMILES string of the molecule is [Cl][Mg][CH2]C1OCCO1. The summed E-state index contributed by atoms with van der Waals surface area (Å²) in [5.74, 6) is 0. The van der Waals surface area contributed by atoms with Crippen LogP contribution in [-0.4, -0.2) is 38.8 Å². The summed E-state index contributed by atoms with van der Waals surface area (Å²) in [6, 6.07) is 0. The first-order valence-electron chi connectivity index (χ1n) is 2.72. The van der Waals surface area contributed by atoms with E-state index in [1.165, 1.54) is 0 Å². The van der Waals surface area contributed by atoms with E-state index < -0.39 is 19.3 Å². The van der Waals surface area contributed by atoms with Crippen LogP contribution in [0.1, 0.15) is 0 Å². The van der Waals surface area contributed by atoms with Gasteiger partial charge in [0.05, 0.1) is 13.2 Å². The second-order valence-corrected chi connectivity index (χ2v) is 3.74. The molecule has 4 heteroatoms. The third kappa shape index (κ3) is 2.07. The Morgan fingerprint density at radius 3 is 2.62 bits per heavy atom. The average molecular weight is 147 g/mol. The molecule has 0 spiro atoms. The van der Waals surface area contributed by atoms with Crippen LogP contribution >= 0.6 is 9.07 Å². The van der Waals surface area contributed by atoms with E-state index >= 15 is 0 Å². The molecule has 0 aromatic rings. The highest BCUT2D eigenvalue weighted by atomic mass is 35.5. The summed E-state index contributed by atoms with van der Waals surface area (Å²) in [6.45, 7) is 1.49. The number of hydrogen-bond acceptors (Lipinski definition) is 2. The van der Waals surface area contributed by atoms with Crippen molar-refractivity contribution in [1.29, 1.82) is 0 Å². The third-order valence-corrected chi connectivity index (χ3v) is 2.38. The molecule has 0 radical (unpaired) electrons. The van der Waals surface area contributed by atoms with Crippen molar-refractivity contribution in [3.05, 3.63) is 0 Å². The van der Waals surface area contributed by atoms with Crippen LogP contribution < -0.4 is 0 Å². The molecule has 1 fully saturated rings. The van der Waals surface area contributed by atoms with Crippen molar-refractivity contribution in [2.24, 2.45) is 0 Å². The van der Waals surface area contributed by atoms with Gasteiger partial charge in [-0.25, -0.2) is 0 Å². The van der Waals surface area contributed by atoms with Gasteiger partial charge in [-0.2, -0.15) is 0 Å². The summed E-state index contributed by atoms with van der Waals surface area (Å²) in [5.41, 5.74) is 0. The largest absolute Gasteiger partial charge is 0.506 e. The van der Waals surface area contributed by atoms with Crippen molar-refractivity contribution in [1.82, 2.24) is 0 Å². The molecular formula is C4H7ClMgO2. The number of ether oxygens (including phenoxy) is 2. The summed E-state index contributed by atoms with van der Waals surface area (Å²) in [7, 11) is 5.56. The predicted molar refractivity (Wildman–Crippen MR) is 32.1 cm³/mol. The molecule has 0 N–H and O–H groups in total. The van der Waals surface area contributed by atoms with E-state index in [-0.39, 0.29) is 6.29 Å². The van der Waals surface area contributed by atoms with Gasteiger partial charge in [-0.1, -0.05) is 4.55 Å². The van der Waals surface area contributed by atoms with Crippen LogP contribution in [0.2, 0.25) is 4.55 Å². The number of halogens is 1. The lowest BCUT2D eigenvalue weighted by Crippen LogP contribution is -2.07. The molecule has 0 aromatic heterocycles. The second-order valence-electron chi connectivity index (χ2n) is 1.65. The Labute approximate surface area is 62.0 Å². The Morgan fingerprint density at radius 2 is 2.12 bits per heavy atom. The fourth-order valence-corrected chi connectivity index (χ4v) is 1.71. The van der Waals surface area contributed by atoms with Crippen LogP contribution in [0.25, 0.3) is 0 Å². The molecule has 0 aliphatic carbocycles. The molecule has 0 bridgehead atoms. The minimum absolute atomic E-state index is 0.0409. The molecule has 0 atom stereocenters. The van der Waals surface area contributed by atoms with Crippen LogP contribution in [0, 0.1) is 0 Å². The van der Waals surface area contributed by atoms with Gasteiger partial charge in [0.25, 0.3) is 0 Å². The molecule has 0 unspecified atom stereocenters. The van der Waals surface area contributed by atoms with E-state index in [9.17, 15) is 0 Å². The van der Waals surface area contributed by atoms with Crippen LogP contribution in [0.15, 0.2) is 0 Å². The maximum Gasteiger partial charge on any atom is 0.506 e. The predicted octanol–water partition coefficient (Wildman–Crippen LogP) is 0.636. The molecule has 44 valence electrons. The van der Waals surface area contributed by atoms with Crippen LogP contribution in [0.3, 0.4) is 0 Å². The summed E-state index contributed by atoms with van der Waals surface area (Å²) in [4.78, 5) is 0. The molecule has 1 aliphatic rings. The van der Waals surface area contributed by atoms with Gasteiger partial charge in [-0.15, -0.1) is 0 Å². The quantitative estimate of drug-likeness (QED) is 0.533. The highest BCUT2D eigenvalue weighted by Crippen LogP contribution is 2.07. The molecule has 2 nitrogen and oxygen atoms in total. The highest BCUT2D eigenvalue weighted by molar-refractivity contribution is 6.93. The van der Waals surface area contributed by atoms with Gasteiger partial charge >= 0.3 is 19.3 Å². The summed E-state index contributed by atoms with van der Waals surface area (Å²) in [6.07, 6.45) is 0.0409. The van der Waals surface area contributed by atoms with Gasteiger partial charge in [-0.3, -0.25) is 0 Å². The zero-order valence-electron chi connectivity index (χ0n) is 4.60. The molecule has 0 aromatic carbocycles. The topological polar surface area (TPSA) is 18.5 Å². The molecule has 1 aliphatic heterocycles. The van der Waals surface area contributed by atoms with Gasteiger partial charge in [0.1, 0.15) is 6.29 Å².